The van der Waals surface area contributed by atoms with E-state index < -0.39 is 0 Å². The number of halogens is 1. The largest absolute Gasteiger partial charge is 0.497 e. The number of hydrogen-bond donors (Lipinski definition) is 0. The lowest BCUT2D eigenvalue weighted by Crippen LogP contribution is -2.52. The molecule has 8 nitrogen and oxygen atoms in total. The zero-order chi connectivity index (χ0) is 28.8. The molecule has 0 unspecified atom stereocenters. The van der Waals surface area contributed by atoms with Crippen LogP contribution in [0.2, 0.25) is 0 Å². The van der Waals surface area contributed by atoms with Gasteiger partial charge >= 0.3 is 0 Å². The monoisotopic (exact) mass is 553 g/mol. The SMILES string of the molecule is COc1cccc(-c2ccc(N3CCN(C(=O)CN(Cc4ccc(F)cc4)C(=O)c4ccc(C)cc4)CC3)nn2)c1. The van der Waals surface area contributed by atoms with Gasteiger partial charge in [0.2, 0.25) is 5.91 Å². The summed E-state index contributed by atoms with van der Waals surface area (Å²) in [6.07, 6.45) is 0. The number of ether oxygens (including phenoxy) is 1. The Labute approximate surface area is 239 Å². The van der Waals surface area contributed by atoms with Crippen LogP contribution in [-0.4, -0.2) is 71.6 Å². The predicted molar refractivity (Wildman–Crippen MR) is 155 cm³/mol. The van der Waals surface area contributed by atoms with Crippen molar-refractivity contribution in [2.24, 2.45) is 0 Å². The third-order valence-electron chi connectivity index (χ3n) is 7.17. The molecule has 2 heterocycles. The molecular formula is C32H32FN5O3. The van der Waals surface area contributed by atoms with Gasteiger partial charge in [-0.15, -0.1) is 10.2 Å². The summed E-state index contributed by atoms with van der Waals surface area (Å²) in [4.78, 5) is 32.1. The van der Waals surface area contributed by atoms with Crippen LogP contribution in [0.25, 0.3) is 11.3 Å². The molecule has 0 radical (unpaired) electrons. The first-order valence-electron chi connectivity index (χ1n) is 13.5. The van der Waals surface area contributed by atoms with Crippen LogP contribution >= 0.6 is 0 Å². The molecule has 1 aliphatic heterocycles. The Morgan fingerprint density at radius 3 is 2.29 bits per heavy atom. The normalized spacial score (nSPS) is 13.1. The Morgan fingerprint density at radius 2 is 1.63 bits per heavy atom. The molecule has 4 aromatic rings. The van der Waals surface area contributed by atoms with E-state index in [4.69, 9.17) is 4.74 Å². The lowest BCUT2D eigenvalue weighted by atomic mass is 10.1. The highest BCUT2D eigenvalue weighted by Crippen LogP contribution is 2.23. The average Bonchev–Trinajstić information content (AvgIpc) is 3.02. The molecule has 0 bridgehead atoms. The summed E-state index contributed by atoms with van der Waals surface area (Å²) in [6, 6.07) is 24.8. The second-order valence-corrected chi connectivity index (χ2v) is 10.0. The Morgan fingerprint density at radius 1 is 0.902 bits per heavy atom. The van der Waals surface area contributed by atoms with Gasteiger partial charge in [-0.25, -0.2) is 4.39 Å². The van der Waals surface area contributed by atoms with Crippen molar-refractivity contribution < 1.29 is 18.7 Å². The number of rotatable bonds is 8. The summed E-state index contributed by atoms with van der Waals surface area (Å²) < 4.78 is 18.8. The number of benzene rings is 3. The average molecular weight is 554 g/mol. The molecule has 1 fully saturated rings. The van der Waals surface area contributed by atoms with E-state index in [0.717, 1.165) is 34.0 Å². The van der Waals surface area contributed by atoms with Gasteiger partial charge in [0, 0.05) is 43.9 Å². The summed E-state index contributed by atoms with van der Waals surface area (Å²) in [7, 11) is 1.63. The number of aromatic nitrogens is 2. The van der Waals surface area contributed by atoms with Crippen molar-refractivity contribution in [1.29, 1.82) is 0 Å². The van der Waals surface area contributed by atoms with E-state index in [9.17, 15) is 14.0 Å². The molecular weight excluding hydrogens is 521 g/mol. The number of carbonyl (C=O) groups excluding carboxylic acids is 2. The van der Waals surface area contributed by atoms with Crippen molar-refractivity contribution in [2.45, 2.75) is 13.5 Å². The van der Waals surface area contributed by atoms with E-state index in [-0.39, 0.29) is 30.7 Å². The van der Waals surface area contributed by atoms with Crippen LogP contribution in [-0.2, 0) is 11.3 Å². The summed E-state index contributed by atoms with van der Waals surface area (Å²) in [5.41, 5.74) is 3.97. The highest BCUT2D eigenvalue weighted by molar-refractivity contribution is 5.96. The predicted octanol–water partition coefficient (Wildman–Crippen LogP) is 4.59. The molecule has 0 aliphatic carbocycles. The van der Waals surface area contributed by atoms with Crippen molar-refractivity contribution in [3.8, 4) is 17.0 Å². The molecule has 0 saturated carbocycles. The van der Waals surface area contributed by atoms with Gasteiger partial charge in [-0.3, -0.25) is 9.59 Å². The second kappa shape index (κ2) is 12.6. The van der Waals surface area contributed by atoms with Crippen LogP contribution in [0, 0.1) is 12.7 Å². The van der Waals surface area contributed by atoms with E-state index in [0.29, 0.717) is 31.7 Å². The van der Waals surface area contributed by atoms with Crippen LogP contribution in [0.5, 0.6) is 5.75 Å². The Kier molecular flexibility index (Phi) is 8.53. The van der Waals surface area contributed by atoms with Crippen molar-refractivity contribution in [3.63, 3.8) is 0 Å². The topological polar surface area (TPSA) is 78.9 Å². The minimum absolute atomic E-state index is 0.0703. The summed E-state index contributed by atoms with van der Waals surface area (Å²) in [5.74, 6) is 0.778. The maximum atomic E-state index is 13.5. The van der Waals surface area contributed by atoms with Crippen molar-refractivity contribution in [1.82, 2.24) is 20.0 Å². The highest BCUT2D eigenvalue weighted by Gasteiger charge is 2.26. The van der Waals surface area contributed by atoms with Gasteiger partial charge in [0.25, 0.3) is 5.91 Å². The molecule has 2 amide bonds. The van der Waals surface area contributed by atoms with Crippen LogP contribution < -0.4 is 9.64 Å². The summed E-state index contributed by atoms with van der Waals surface area (Å²) >= 11 is 0. The zero-order valence-corrected chi connectivity index (χ0v) is 23.2. The maximum Gasteiger partial charge on any atom is 0.254 e. The molecule has 1 aliphatic rings. The van der Waals surface area contributed by atoms with Gasteiger partial charge in [0.15, 0.2) is 5.82 Å². The van der Waals surface area contributed by atoms with E-state index in [1.807, 2.05) is 55.5 Å². The summed E-state index contributed by atoms with van der Waals surface area (Å²) in [6.45, 7) is 4.29. The molecule has 1 saturated heterocycles. The van der Waals surface area contributed by atoms with Crippen molar-refractivity contribution in [2.75, 3.05) is 44.7 Å². The van der Waals surface area contributed by atoms with Crippen LogP contribution in [0.15, 0.2) is 84.9 Å². The Hall–Kier alpha value is -4.79. The van der Waals surface area contributed by atoms with E-state index in [1.54, 1.807) is 36.3 Å². The quantitative estimate of drug-likeness (QED) is 0.318. The standard InChI is InChI=1S/C32H32FN5O3/c1-23-6-10-25(11-7-23)32(40)38(21-24-8-12-27(33)13-9-24)22-31(39)37-18-16-36(17-19-37)30-15-14-29(34-35-30)26-4-3-5-28(20-26)41-2/h3-15,20H,16-19,21-22H2,1-2H3. The number of amides is 2. The summed E-state index contributed by atoms with van der Waals surface area (Å²) in [5, 5.41) is 8.82. The number of methoxy groups -OCH3 is 1. The van der Waals surface area contributed by atoms with Gasteiger partial charge in [-0.05, 0) is 61.0 Å². The van der Waals surface area contributed by atoms with Crippen LogP contribution in [0.1, 0.15) is 21.5 Å². The molecule has 41 heavy (non-hydrogen) atoms. The fourth-order valence-corrected chi connectivity index (χ4v) is 4.77. The van der Waals surface area contributed by atoms with Crippen molar-refractivity contribution in [3.05, 3.63) is 107 Å². The third-order valence-corrected chi connectivity index (χ3v) is 7.17. The highest BCUT2D eigenvalue weighted by atomic mass is 19.1. The first kappa shape index (κ1) is 27.8. The third kappa shape index (κ3) is 6.87. The molecule has 210 valence electrons. The van der Waals surface area contributed by atoms with Gasteiger partial charge in [-0.1, -0.05) is 42.0 Å². The van der Waals surface area contributed by atoms with Crippen LogP contribution in [0.3, 0.4) is 0 Å². The molecule has 1 aromatic heterocycles. The Bertz CT molecular complexity index is 1490. The second-order valence-electron chi connectivity index (χ2n) is 10.0. The fraction of sp³-hybridized carbons (Fsp3) is 0.250. The number of hydrogen-bond acceptors (Lipinski definition) is 6. The number of nitrogens with zero attached hydrogens (tertiary/aromatic N) is 5. The smallest absolute Gasteiger partial charge is 0.254 e. The van der Waals surface area contributed by atoms with E-state index in [1.165, 1.54) is 17.0 Å². The fourth-order valence-electron chi connectivity index (χ4n) is 4.77. The van der Waals surface area contributed by atoms with Gasteiger partial charge in [-0.2, -0.15) is 0 Å². The molecule has 0 atom stereocenters. The number of piperazine rings is 1. The minimum atomic E-state index is -0.348. The first-order valence-corrected chi connectivity index (χ1v) is 13.5. The van der Waals surface area contributed by atoms with Gasteiger partial charge in [0.1, 0.15) is 18.1 Å². The van der Waals surface area contributed by atoms with E-state index in [2.05, 4.69) is 15.1 Å². The van der Waals surface area contributed by atoms with Crippen LogP contribution in [0.4, 0.5) is 10.2 Å². The van der Waals surface area contributed by atoms with Gasteiger partial charge in [0.05, 0.1) is 12.8 Å². The van der Waals surface area contributed by atoms with Gasteiger partial charge < -0.3 is 19.4 Å². The number of carbonyl (C=O) groups is 2. The minimum Gasteiger partial charge on any atom is -0.497 e. The molecule has 9 heteroatoms. The Balaban J connectivity index is 1.22. The number of aryl methyl sites for hydroxylation is 1. The zero-order valence-electron chi connectivity index (χ0n) is 23.2. The molecule has 5 rings (SSSR count). The van der Waals surface area contributed by atoms with E-state index >= 15 is 0 Å². The molecule has 0 spiro atoms. The lowest BCUT2D eigenvalue weighted by Gasteiger charge is -2.36. The lowest BCUT2D eigenvalue weighted by molar-refractivity contribution is -0.132. The van der Waals surface area contributed by atoms with Crippen molar-refractivity contribution >= 4 is 17.6 Å². The first-order chi connectivity index (χ1) is 19.9. The molecule has 0 N–H and O–H groups in total. The number of anilines is 1. The molecule has 3 aromatic carbocycles. The maximum absolute atomic E-state index is 13.5.